The number of hydrogen-bond donors (Lipinski definition) is 1. The van der Waals surface area contributed by atoms with Gasteiger partial charge in [-0.3, -0.25) is 9.35 Å². The molecule has 0 fully saturated rings. The lowest BCUT2D eigenvalue weighted by Crippen LogP contribution is -2.34. The number of carbonyl (C=O) groups excluding carboxylic acids is 1. The van der Waals surface area contributed by atoms with Gasteiger partial charge in [-0.1, -0.05) is 56.3 Å². The van der Waals surface area contributed by atoms with Crippen molar-refractivity contribution in [2.24, 2.45) is 0 Å². The molecule has 32 heavy (non-hydrogen) atoms. The summed E-state index contributed by atoms with van der Waals surface area (Å²) in [6, 6.07) is 22.7. The Hall–Kier alpha value is -3.16. The van der Waals surface area contributed by atoms with E-state index in [-0.39, 0.29) is 17.4 Å². The Morgan fingerprint density at radius 1 is 0.969 bits per heavy atom. The maximum absolute atomic E-state index is 13.1. The number of anilines is 1. The van der Waals surface area contributed by atoms with Gasteiger partial charge in [-0.25, -0.2) is 0 Å². The fraction of sp³-hybridized carbons (Fsp3) is 0.240. The molecule has 3 rings (SSSR count). The topological polar surface area (TPSA) is 83.9 Å². The van der Waals surface area contributed by atoms with Crippen LogP contribution in [0.4, 0.5) is 5.69 Å². The van der Waals surface area contributed by atoms with E-state index in [1.165, 1.54) is 34.7 Å². The highest BCUT2D eigenvalue weighted by molar-refractivity contribution is 7.85. The van der Waals surface area contributed by atoms with Gasteiger partial charge >= 0.3 is 0 Å². The van der Waals surface area contributed by atoms with Gasteiger partial charge in [-0.2, -0.15) is 8.42 Å². The van der Waals surface area contributed by atoms with Crippen LogP contribution in [0.5, 0.6) is 5.75 Å². The summed E-state index contributed by atoms with van der Waals surface area (Å²) < 4.78 is 37.6. The molecule has 7 heteroatoms. The molecular weight excluding hydrogens is 426 g/mol. The lowest BCUT2D eigenvalue weighted by atomic mass is 9.99. The molecule has 0 saturated carbocycles. The van der Waals surface area contributed by atoms with Gasteiger partial charge in [0.15, 0.2) is 6.61 Å². The van der Waals surface area contributed by atoms with Gasteiger partial charge in [0.05, 0.1) is 11.4 Å². The number of hydrogen-bond acceptors (Lipinski definition) is 4. The molecule has 6 nitrogen and oxygen atoms in total. The van der Waals surface area contributed by atoms with Crippen LogP contribution < -0.4 is 9.64 Å². The Kier molecular flexibility index (Phi) is 7.66. The van der Waals surface area contributed by atoms with Crippen LogP contribution in [0.25, 0.3) is 0 Å². The Labute approximate surface area is 189 Å². The molecule has 0 aromatic heterocycles. The van der Waals surface area contributed by atoms with E-state index in [1.807, 2.05) is 54.6 Å². The predicted octanol–water partition coefficient (Wildman–Crippen LogP) is 5.06. The largest absolute Gasteiger partial charge is 0.484 e. The highest BCUT2D eigenvalue weighted by atomic mass is 32.2. The van der Waals surface area contributed by atoms with Crippen molar-refractivity contribution >= 4 is 21.7 Å². The van der Waals surface area contributed by atoms with Gasteiger partial charge in [-0.15, -0.1) is 0 Å². The van der Waals surface area contributed by atoms with Crippen molar-refractivity contribution in [3.05, 3.63) is 90.0 Å². The van der Waals surface area contributed by atoms with E-state index in [4.69, 9.17) is 4.74 Å². The van der Waals surface area contributed by atoms with E-state index in [0.717, 1.165) is 12.0 Å². The lowest BCUT2D eigenvalue weighted by molar-refractivity contribution is -0.120. The van der Waals surface area contributed by atoms with Crippen molar-refractivity contribution in [1.82, 2.24) is 0 Å². The van der Waals surface area contributed by atoms with Crippen LogP contribution in [0.2, 0.25) is 0 Å². The Morgan fingerprint density at radius 3 is 2.16 bits per heavy atom. The maximum Gasteiger partial charge on any atom is 0.294 e. The molecule has 0 spiro atoms. The van der Waals surface area contributed by atoms with Gasteiger partial charge in [0.25, 0.3) is 16.0 Å². The third-order valence-electron chi connectivity index (χ3n) is 5.35. The monoisotopic (exact) mass is 453 g/mol. The molecule has 1 atom stereocenters. The second kappa shape index (κ2) is 10.4. The van der Waals surface area contributed by atoms with E-state index < -0.39 is 10.1 Å². The van der Waals surface area contributed by atoms with E-state index in [2.05, 4.69) is 13.8 Å². The molecule has 0 heterocycles. The summed E-state index contributed by atoms with van der Waals surface area (Å²) in [7, 11) is -4.31. The lowest BCUT2D eigenvalue weighted by Gasteiger charge is -2.23. The number of carbonyl (C=O) groups is 1. The smallest absolute Gasteiger partial charge is 0.294 e. The van der Waals surface area contributed by atoms with Crippen molar-refractivity contribution in [3.8, 4) is 5.75 Å². The van der Waals surface area contributed by atoms with Gasteiger partial charge in [0.1, 0.15) is 5.75 Å². The first-order valence-corrected chi connectivity index (χ1v) is 11.9. The van der Waals surface area contributed by atoms with Gasteiger partial charge in [0.2, 0.25) is 0 Å². The minimum absolute atomic E-state index is 0.171. The fourth-order valence-electron chi connectivity index (χ4n) is 3.24. The zero-order valence-electron chi connectivity index (χ0n) is 18.1. The number of ether oxygens (including phenoxy) is 1. The quantitative estimate of drug-likeness (QED) is 0.458. The van der Waals surface area contributed by atoms with E-state index in [9.17, 15) is 17.8 Å². The van der Waals surface area contributed by atoms with Gasteiger partial charge < -0.3 is 9.64 Å². The molecule has 0 radical (unpaired) electrons. The zero-order chi connectivity index (χ0) is 23.1. The molecule has 0 aliphatic heterocycles. The van der Waals surface area contributed by atoms with Crippen LogP contribution in [-0.2, 0) is 21.5 Å². The molecule has 0 saturated heterocycles. The Balaban J connectivity index is 1.77. The minimum Gasteiger partial charge on any atom is -0.484 e. The van der Waals surface area contributed by atoms with Gasteiger partial charge in [-0.05, 0) is 59.9 Å². The summed E-state index contributed by atoms with van der Waals surface area (Å²) in [4.78, 5) is 14.4. The number of amides is 1. The molecule has 3 aromatic carbocycles. The zero-order valence-corrected chi connectivity index (χ0v) is 19.0. The van der Waals surface area contributed by atoms with Crippen LogP contribution in [0, 0.1) is 0 Å². The second-order valence-electron chi connectivity index (χ2n) is 7.60. The summed E-state index contributed by atoms with van der Waals surface area (Å²) in [6.45, 7) is 4.42. The molecule has 3 aromatic rings. The van der Waals surface area contributed by atoms with Crippen molar-refractivity contribution in [2.45, 2.75) is 37.6 Å². The molecule has 0 bridgehead atoms. The van der Waals surface area contributed by atoms with Crippen molar-refractivity contribution in [3.63, 3.8) is 0 Å². The minimum atomic E-state index is -4.31. The molecule has 168 valence electrons. The summed E-state index contributed by atoms with van der Waals surface area (Å²) in [5.41, 5.74) is 2.63. The molecule has 1 unspecified atom stereocenters. The third kappa shape index (κ3) is 6.18. The van der Waals surface area contributed by atoms with Crippen molar-refractivity contribution < 1.29 is 22.5 Å². The van der Waals surface area contributed by atoms with Crippen LogP contribution in [0.1, 0.15) is 37.3 Å². The maximum atomic E-state index is 13.1. The number of rotatable bonds is 9. The van der Waals surface area contributed by atoms with E-state index in [1.54, 1.807) is 0 Å². The van der Waals surface area contributed by atoms with E-state index >= 15 is 0 Å². The summed E-state index contributed by atoms with van der Waals surface area (Å²) in [6.07, 6.45) is 1.05. The third-order valence-corrected chi connectivity index (χ3v) is 6.22. The van der Waals surface area contributed by atoms with Crippen molar-refractivity contribution in [2.75, 3.05) is 11.5 Å². The average molecular weight is 454 g/mol. The molecule has 1 amide bonds. The van der Waals surface area contributed by atoms with Crippen LogP contribution in [0.15, 0.2) is 83.8 Å². The van der Waals surface area contributed by atoms with E-state index in [0.29, 0.717) is 23.9 Å². The highest BCUT2D eigenvalue weighted by Crippen LogP contribution is 2.23. The van der Waals surface area contributed by atoms with Crippen molar-refractivity contribution in [1.29, 1.82) is 0 Å². The van der Waals surface area contributed by atoms with Gasteiger partial charge in [0, 0.05) is 5.69 Å². The first-order chi connectivity index (χ1) is 15.3. The summed E-state index contributed by atoms with van der Waals surface area (Å²) >= 11 is 0. The van der Waals surface area contributed by atoms with Crippen LogP contribution in [-0.4, -0.2) is 25.5 Å². The molecule has 1 N–H and O–H groups in total. The Bertz CT molecular complexity index is 1130. The van der Waals surface area contributed by atoms with Crippen LogP contribution >= 0.6 is 0 Å². The SMILES string of the molecule is CCC(C)c1ccc(OCC(=O)N(Cc2ccccc2)c2ccc(S(=O)(=O)O)cc2)cc1. The summed E-state index contributed by atoms with van der Waals surface area (Å²) in [5, 5.41) is 0. The Morgan fingerprint density at radius 2 is 1.59 bits per heavy atom. The standard InChI is InChI=1S/C25H27NO5S/c1-3-19(2)21-9-13-23(14-10-21)31-18-25(27)26(17-20-7-5-4-6-8-20)22-11-15-24(16-12-22)32(28,29)30/h4-16,19H,3,17-18H2,1-2H3,(H,28,29,30). The van der Waals surface area contributed by atoms with Crippen LogP contribution in [0.3, 0.4) is 0 Å². The normalized spacial score (nSPS) is 12.2. The fourth-order valence-corrected chi connectivity index (χ4v) is 3.72. The number of benzene rings is 3. The molecule has 0 aliphatic rings. The average Bonchev–Trinajstić information content (AvgIpc) is 2.81. The molecular formula is C25H27NO5S. The first-order valence-electron chi connectivity index (χ1n) is 10.4. The highest BCUT2D eigenvalue weighted by Gasteiger charge is 2.19. The first kappa shape index (κ1) is 23.5. The summed E-state index contributed by atoms with van der Waals surface area (Å²) in [5.74, 6) is 0.781. The number of nitrogens with zero attached hydrogens (tertiary/aromatic N) is 1. The molecule has 0 aliphatic carbocycles. The second-order valence-corrected chi connectivity index (χ2v) is 9.02. The predicted molar refractivity (Wildman–Crippen MR) is 125 cm³/mol.